The zero-order chi connectivity index (χ0) is 20.1. The van der Waals surface area contributed by atoms with Crippen LogP contribution in [0.15, 0.2) is 53.3 Å². The van der Waals surface area contributed by atoms with Gasteiger partial charge in [0.25, 0.3) is 0 Å². The van der Waals surface area contributed by atoms with Crippen molar-refractivity contribution in [3.63, 3.8) is 0 Å². The van der Waals surface area contributed by atoms with Crippen molar-refractivity contribution < 1.29 is 14.4 Å². The fraction of sp³-hybridized carbons (Fsp3) is 0.111. The molecule has 1 aromatic heterocycles. The van der Waals surface area contributed by atoms with E-state index >= 15 is 0 Å². The van der Waals surface area contributed by atoms with Gasteiger partial charge in [0.15, 0.2) is 0 Å². The van der Waals surface area contributed by atoms with Crippen LogP contribution in [0.1, 0.15) is 0 Å². The van der Waals surface area contributed by atoms with Gasteiger partial charge in [-0.25, -0.2) is 9.97 Å². The van der Waals surface area contributed by atoms with Crippen molar-refractivity contribution in [2.45, 2.75) is 0 Å². The van der Waals surface area contributed by atoms with Crippen molar-refractivity contribution >= 4 is 44.6 Å². The Morgan fingerprint density at radius 3 is 2.29 bits per heavy atom. The maximum atomic E-state index is 11.7. The van der Waals surface area contributed by atoms with Crippen LogP contribution in [-0.4, -0.2) is 29.1 Å². The molecule has 0 amide bonds. The number of benzene rings is 2. The molecule has 0 aliphatic carbocycles. The molecule has 28 heavy (non-hydrogen) atoms. The number of halogens is 1. The maximum absolute atomic E-state index is 11.7. The first-order chi connectivity index (χ1) is 13.5. The maximum Gasteiger partial charge on any atom is 0.353 e. The van der Waals surface area contributed by atoms with Gasteiger partial charge in [0.1, 0.15) is 17.8 Å². The Hall–Kier alpha value is -3.40. The van der Waals surface area contributed by atoms with Gasteiger partial charge in [-0.05, 0) is 36.4 Å². The van der Waals surface area contributed by atoms with Crippen molar-refractivity contribution in [2.24, 2.45) is 0 Å². The van der Waals surface area contributed by atoms with Crippen LogP contribution in [0.3, 0.4) is 0 Å². The predicted octanol–water partition coefficient (Wildman–Crippen LogP) is 4.65. The standard InChI is InChI=1S/C18H16BrN5O4/c1-27-13-7-8-15(28-2)14(9-13)23-18-16(24(25)26)17(20-10-21-18)22-12-5-3-11(19)4-6-12/h3-10H,1-2H3,(H2,20,21,22,23). The molecule has 0 aliphatic heterocycles. The first kappa shape index (κ1) is 19.4. The Morgan fingerprint density at radius 2 is 1.68 bits per heavy atom. The molecular weight excluding hydrogens is 430 g/mol. The number of ether oxygens (including phenoxy) is 2. The largest absolute Gasteiger partial charge is 0.497 e. The van der Waals surface area contributed by atoms with Crippen LogP contribution < -0.4 is 20.1 Å². The molecule has 0 unspecified atom stereocenters. The van der Waals surface area contributed by atoms with Gasteiger partial charge < -0.3 is 20.1 Å². The number of hydrogen-bond acceptors (Lipinski definition) is 8. The third-order valence-electron chi connectivity index (χ3n) is 3.77. The minimum Gasteiger partial charge on any atom is -0.497 e. The first-order valence-corrected chi connectivity index (χ1v) is 8.82. The zero-order valence-electron chi connectivity index (χ0n) is 15.0. The van der Waals surface area contributed by atoms with E-state index in [0.717, 1.165) is 4.47 Å². The smallest absolute Gasteiger partial charge is 0.353 e. The third-order valence-corrected chi connectivity index (χ3v) is 4.30. The summed E-state index contributed by atoms with van der Waals surface area (Å²) in [5, 5.41) is 17.6. The quantitative estimate of drug-likeness (QED) is 0.399. The molecule has 0 spiro atoms. The van der Waals surface area contributed by atoms with Gasteiger partial charge in [-0.3, -0.25) is 10.1 Å². The van der Waals surface area contributed by atoms with Gasteiger partial charge in [-0.2, -0.15) is 0 Å². The summed E-state index contributed by atoms with van der Waals surface area (Å²) in [6.45, 7) is 0. The highest BCUT2D eigenvalue weighted by Crippen LogP contribution is 2.37. The van der Waals surface area contributed by atoms with E-state index in [-0.39, 0.29) is 17.3 Å². The summed E-state index contributed by atoms with van der Waals surface area (Å²) in [5.74, 6) is 1.13. The lowest BCUT2D eigenvalue weighted by Crippen LogP contribution is -2.06. The molecule has 9 nitrogen and oxygen atoms in total. The van der Waals surface area contributed by atoms with Crippen LogP contribution in [0.4, 0.5) is 28.7 Å². The second kappa shape index (κ2) is 8.53. The molecule has 0 fully saturated rings. The second-order valence-corrected chi connectivity index (χ2v) is 6.42. The normalized spacial score (nSPS) is 10.2. The molecular formula is C18H16BrN5O4. The zero-order valence-corrected chi connectivity index (χ0v) is 16.6. The number of nitrogens with one attached hydrogen (secondary N) is 2. The van der Waals surface area contributed by atoms with Gasteiger partial charge in [0, 0.05) is 16.2 Å². The lowest BCUT2D eigenvalue weighted by molar-refractivity contribution is -0.383. The third kappa shape index (κ3) is 4.29. The molecule has 10 heteroatoms. The molecule has 0 saturated heterocycles. The van der Waals surface area contributed by atoms with Gasteiger partial charge in [-0.1, -0.05) is 15.9 Å². The van der Waals surface area contributed by atoms with Gasteiger partial charge in [0.05, 0.1) is 24.8 Å². The number of nitro groups is 1. The Bertz CT molecular complexity index is 998. The molecule has 0 bridgehead atoms. The average molecular weight is 446 g/mol. The molecule has 0 atom stereocenters. The molecule has 3 aromatic rings. The van der Waals surface area contributed by atoms with Crippen LogP contribution >= 0.6 is 15.9 Å². The number of anilines is 4. The lowest BCUT2D eigenvalue weighted by atomic mass is 10.2. The summed E-state index contributed by atoms with van der Waals surface area (Å²) in [6, 6.07) is 12.2. The van der Waals surface area contributed by atoms with E-state index < -0.39 is 4.92 Å². The van der Waals surface area contributed by atoms with E-state index in [1.54, 1.807) is 30.3 Å². The number of nitrogens with zero attached hydrogens (tertiary/aromatic N) is 3. The molecule has 0 radical (unpaired) electrons. The highest BCUT2D eigenvalue weighted by atomic mass is 79.9. The number of hydrogen-bond donors (Lipinski definition) is 2. The monoisotopic (exact) mass is 445 g/mol. The van der Waals surface area contributed by atoms with Gasteiger partial charge in [0.2, 0.25) is 11.6 Å². The Morgan fingerprint density at radius 1 is 1.00 bits per heavy atom. The van der Waals surface area contributed by atoms with Crippen LogP contribution in [0.5, 0.6) is 11.5 Å². The lowest BCUT2D eigenvalue weighted by Gasteiger charge is -2.13. The highest BCUT2D eigenvalue weighted by Gasteiger charge is 2.24. The number of aromatic nitrogens is 2. The molecule has 2 N–H and O–H groups in total. The predicted molar refractivity (Wildman–Crippen MR) is 109 cm³/mol. The van der Waals surface area contributed by atoms with Crippen LogP contribution in [0, 0.1) is 10.1 Å². The number of rotatable bonds is 7. The summed E-state index contributed by atoms with van der Waals surface area (Å²) < 4.78 is 11.4. The fourth-order valence-corrected chi connectivity index (χ4v) is 2.71. The van der Waals surface area contributed by atoms with Crippen molar-refractivity contribution in [2.75, 3.05) is 24.9 Å². The summed E-state index contributed by atoms with van der Waals surface area (Å²) in [6.07, 6.45) is 1.24. The first-order valence-electron chi connectivity index (χ1n) is 8.03. The molecule has 144 valence electrons. The number of methoxy groups -OCH3 is 2. The average Bonchev–Trinajstić information content (AvgIpc) is 2.69. The molecule has 1 heterocycles. The highest BCUT2D eigenvalue weighted by molar-refractivity contribution is 9.10. The summed E-state index contributed by atoms with van der Waals surface area (Å²) in [7, 11) is 3.03. The van der Waals surface area contributed by atoms with Gasteiger partial charge >= 0.3 is 5.69 Å². The van der Waals surface area contributed by atoms with E-state index in [1.165, 1.54) is 20.5 Å². The van der Waals surface area contributed by atoms with Crippen molar-refractivity contribution in [3.05, 3.63) is 63.4 Å². The summed E-state index contributed by atoms with van der Waals surface area (Å²) in [5.41, 5.74) is 0.823. The molecule has 0 saturated carbocycles. The topological polar surface area (TPSA) is 111 Å². The van der Waals surface area contributed by atoms with Crippen LogP contribution in [0.25, 0.3) is 0 Å². The van der Waals surface area contributed by atoms with E-state index in [1.807, 2.05) is 12.1 Å². The van der Waals surface area contributed by atoms with Crippen molar-refractivity contribution in [1.29, 1.82) is 0 Å². The Labute approximate surface area is 169 Å². The van der Waals surface area contributed by atoms with E-state index in [2.05, 4.69) is 36.5 Å². The van der Waals surface area contributed by atoms with E-state index in [4.69, 9.17) is 9.47 Å². The SMILES string of the molecule is COc1ccc(OC)c(Nc2ncnc(Nc3ccc(Br)cc3)c2[N+](=O)[O-])c1. The van der Waals surface area contributed by atoms with Crippen molar-refractivity contribution in [1.82, 2.24) is 9.97 Å². The van der Waals surface area contributed by atoms with Gasteiger partial charge in [-0.15, -0.1) is 0 Å². The Kier molecular flexibility index (Phi) is 5.90. The van der Waals surface area contributed by atoms with E-state index in [9.17, 15) is 10.1 Å². The van der Waals surface area contributed by atoms with E-state index in [0.29, 0.717) is 22.9 Å². The van der Waals surface area contributed by atoms with Crippen molar-refractivity contribution in [3.8, 4) is 11.5 Å². The Balaban J connectivity index is 2.00. The summed E-state index contributed by atoms with van der Waals surface area (Å²) in [4.78, 5) is 19.3. The van der Waals surface area contributed by atoms with Crippen LogP contribution in [-0.2, 0) is 0 Å². The minimum atomic E-state index is -0.545. The fourth-order valence-electron chi connectivity index (χ4n) is 2.44. The molecule has 2 aromatic carbocycles. The minimum absolute atomic E-state index is 0.0196. The molecule has 3 rings (SSSR count). The summed E-state index contributed by atoms with van der Waals surface area (Å²) >= 11 is 3.35. The molecule has 0 aliphatic rings. The van der Waals surface area contributed by atoms with Crippen LogP contribution in [0.2, 0.25) is 0 Å². The second-order valence-electron chi connectivity index (χ2n) is 5.50.